The van der Waals surface area contributed by atoms with E-state index < -0.39 is 0 Å². The van der Waals surface area contributed by atoms with Crippen molar-refractivity contribution in [1.29, 1.82) is 0 Å². The average molecular weight is 234 g/mol. The minimum atomic E-state index is -0.228. The summed E-state index contributed by atoms with van der Waals surface area (Å²) in [6.45, 7) is 0. The number of imidazole rings is 1. The lowest BCUT2D eigenvalue weighted by Gasteiger charge is -2.00. The number of thiazole rings is 1. The van der Waals surface area contributed by atoms with Gasteiger partial charge in [-0.25, -0.2) is 14.8 Å². The van der Waals surface area contributed by atoms with Crippen LogP contribution in [0.15, 0.2) is 24.1 Å². The molecule has 0 spiro atoms. The lowest BCUT2D eigenvalue weighted by molar-refractivity contribution is 0.253. The number of anilines is 1. The summed E-state index contributed by atoms with van der Waals surface area (Å²) < 4.78 is 1.39. The summed E-state index contributed by atoms with van der Waals surface area (Å²) in [5.74, 6) is 0.621. The van der Waals surface area contributed by atoms with Crippen LogP contribution >= 0.6 is 11.3 Å². The van der Waals surface area contributed by atoms with Crippen LogP contribution in [0.25, 0.3) is 0 Å². The molecule has 1 aliphatic rings. The Morgan fingerprint density at radius 1 is 1.56 bits per heavy atom. The van der Waals surface area contributed by atoms with Crippen LogP contribution in [-0.4, -0.2) is 20.6 Å². The van der Waals surface area contributed by atoms with Crippen LogP contribution in [0.1, 0.15) is 24.5 Å². The van der Waals surface area contributed by atoms with Gasteiger partial charge in [0.15, 0.2) is 5.13 Å². The highest BCUT2D eigenvalue weighted by atomic mass is 32.1. The van der Waals surface area contributed by atoms with Gasteiger partial charge in [0.05, 0.1) is 5.69 Å². The van der Waals surface area contributed by atoms with Crippen LogP contribution in [0.4, 0.5) is 9.93 Å². The van der Waals surface area contributed by atoms with Crippen molar-refractivity contribution >= 4 is 22.5 Å². The minimum Gasteiger partial charge on any atom is -0.283 e. The molecular weight excluding hydrogens is 224 g/mol. The summed E-state index contributed by atoms with van der Waals surface area (Å²) in [6.07, 6.45) is 7.07. The molecule has 5 nitrogen and oxygen atoms in total. The normalized spacial score (nSPS) is 15.0. The Bertz CT molecular complexity index is 501. The molecule has 3 rings (SSSR count). The molecule has 1 saturated carbocycles. The van der Waals surface area contributed by atoms with E-state index in [-0.39, 0.29) is 6.03 Å². The van der Waals surface area contributed by atoms with E-state index in [9.17, 15) is 4.79 Å². The van der Waals surface area contributed by atoms with Crippen molar-refractivity contribution in [3.63, 3.8) is 0 Å². The maximum atomic E-state index is 11.6. The highest BCUT2D eigenvalue weighted by molar-refractivity contribution is 7.13. The first-order valence-corrected chi connectivity index (χ1v) is 5.95. The monoisotopic (exact) mass is 234 g/mol. The Kier molecular flexibility index (Phi) is 2.21. The predicted octanol–water partition coefficient (Wildman–Crippen LogP) is 2.30. The van der Waals surface area contributed by atoms with Crippen LogP contribution in [0.5, 0.6) is 0 Å². The van der Waals surface area contributed by atoms with Gasteiger partial charge in [-0.3, -0.25) is 9.88 Å². The lowest BCUT2D eigenvalue weighted by atomic mass is 10.3. The molecule has 0 saturated heterocycles. The number of rotatable bonds is 2. The number of nitrogens with one attached hydrogen (secondary N) is 1. The molecule has 2 heterocycles. The fourth-order valence-corrected chi connectivity index (χ4v) is 2.23. The van der Waals surface area contributed by atoms with Crippen molar-refractivity contribution in [1.82, 2.24) is 14.5 Å². The molecule has 0 radical (unpaired) electrons. The second kappa shape index (κ2) is 3.71. The summed E-state index contributed by atoms with van der Waals surface area (Å²) in [5, 5.41) is 5.41. The molecule has 6 heteroatoms. The summed E-state index contributed by atoms with van der Waals surface area (Å²) in [7, 11) is 0. The Hall–Kier alpha value is -1.69. The van der Waals surface area contributed by atoms with E-state index in [0.717, 1.165) is 5.69 Å². The number of carbonyl (C=O) groups excluding carboxylic acids is 1. The predicted molar refractivity (Wildman–Crippen MR) is 60.7 cm³/mol. The summed E-state index contributed by atoms with van der Waals surface area (Å²) in [5.41, 5.74) is 1.10. The van der Waals surface area contributed by atoms with Crippen LogP contribution < -0.4 is 5.32 Å². The first-order chi connectivity index (χ1) is 7.83. The van der Waals surface area contributed by atoms with E-state index in [0.29, 0.717) is 11.0 Å². The van der Waals surface area contributed by atoms with Crippen LogP contribution in [-0.2, 0) is 0 Å². The van der Waals surface area contributed by atoms with Crippen molar-refractivity contribution in [3.05, 3.63) is 29.8 Å². The number of aromatic nitrogens is 3. The maximum absolute atomic E-state index is 11.6. The molecule has 1 aliphatic carbocycles. The zero-order valence-corrected chi connectivity index (χ0v) is 9.28. The summed E-state index contributed by atoms with van der Waals surface area (Å²) in [4.78, 5) is 19.8. The van der Waals surface area contributed by atoms with Crippen molar-refractivity contribution in [3.8, 4) is 0 Å². The molecule has 0 aliphatic heterocycles. The molecule has 0 bridgehead atoms. The Morgan fingerprint density at radius 2 is 2.44 bits per heavy atom. The number of hydrogen-bond acceptors (Lipinski definition) is 4. The lowest BCUT2D eigenvalue weighted by Crippen LogP contribution is -2.17. The van der Waals surface area contributed by atoms with Gasteiger partial charge < -0.3 is 0 Å². The van der Waals surface area contributed by atoms with Crippen LogP contribution in [0, 0.1) is 0 Å². The third-order valence-corrected chi connectivity index (χ3v) is 3.25. The third kappa shape index (κ3) is 1.83. The molecule has 0 atom stereocenters. The first-order valence-electron chi connectivity index (χ1n) is 5.07. The molecule has 0 unspecified atom stereocenters. The maximum Gasteiger partial charge on any atom is 0.333 e. The highest BCUT2D eigenvalue weighted by Crippen LogP contribution is 2.40. The van der Waals surface area contributed by atoms with E-state index in [4.69, 9.17) is 0 Å². The Balaban J connectivity index is 1.71. The first kappa shape index (κ1) is 9.53. The average Bonchev–Trinajstić information content (AvgIpc) is 2.82. The van der Waals surface area contributed by atoms with Crippen molar-refractivity contribution in [2.24, 2.45) is 0 Å². The van der Waals surface area contributed by atoms with Gasteiger partial charge in [-0.1, -0.05) is 0 Å². The standard InChI is InChI=1S/C10H10N4OS/c15-10(14-4-3-11-6-14)13-9-12-8(5-16-9)7-1-2-7/h3-7H,1-2H2,(H,12,13,15). The zero-order valence-electron chi connectivity index (χ0n) is 8.46. The molecule has 16 heavy (non-hydrogen) atoms. The molecule has 2 aromatic rings. The second-order valence-electron chi connectivity index (χ2n) is 3.75. The van der Waals surface area contributed by atoms with E-state index in [1.807, 2.05) is 5.38 Å². The smallest absolute Gasteiger partial charge is 0.283 e. The van der Waals surface area contributed by atoms with Gasteiger partial charge >= 0.3 is 6.03 Å². The van der Waals surface area contributed by atoms with E-state index in [2.05, 4.69) is 15.3 Å². The van der Waals surface area contributed by atoms with Gasteiger partial charge in [-0.2, -0.15) is 0 Å². The number of amides is 1. The van der Waals surface area contributed by atoms with Crippen molar-refractivity contribution in [2.45, 2.75) is 18.8 Å². The van der Waals surface area contributed by atoms with E-state index in [1.54, 1.807) is 12.4 Å². The summed E-state index contributed by atoms with van der Waals surface area (Å²) >= 11 is 1.47. The molecular formula is C10H10N4OS. The molecule has 82 valence electrons. The number of carbonyl (C=O) groups is 1. The third-order valence-electron chi connectivity index (χ3n) is 2.47. The van der Waals surface area contributed by atoms with Crippen LogP contribution in [0.2, 0.25) is 0 Å². The minimum absolute atomic E-state index is 0.228. The van der Waals surface area contributed by atoms with Gasteiger partial charge in [0, 0.05) is 23.7 Å². The second-order valence-corrected chi connectivity index (χ2v) is 4.61. The Labute approximate surface area is 96.2 Å². The fourth-order valence-electron chi connectivity index (χ4n) is 1.45. The van der Waals surface area contributed by atoms with Gasteiger partial charge in [0.2, 0.25) is 0 Å². The van der Waals surface area contributed by atoms with Gasteiger partial charge in [0.1, 0.15) is 6.33 Å². The van der Waals surface area contributed by atoms with E-state index >= 15 is 0 Å². The fraction of sp³-hybridized carbons (Fsp3) is 0.300. The van der Waals surface area contributed by atoms with Gasteiger partial charge in [-0.05, 0) is 12.8 Å². The molecule has 1 N–H and O–H groups in total. The SMILES string of the molecule is O=C(Nc1nc(C2CC2)cs1)n1ccnc1. The van der Waals surface area contributed by atoms with Crippen molar-refractivity contribution < 1.29 is 4.79 Å². The Morgan fingerprint density at radius 3 is 3.12 bits per heavy atom. The number of nitrogens with zero attached hydrogens (tertiary/aromatic N) is 3. The zero-order chi connectivity index (χ0) is 11.0. The van der Waals surface area contributed by atoms with Gasteiger partial charge in [0.25, 0.3) is 0 Å². The molecule has 0 aromatic carbocycles. The highest BCUT2D eigenvalue weighted by Gasteiger charge is 2.26. The molecule has 1 amide bonds. The largest absolute Gasteiger partial charge is 0.333 e. The van der Waals surface area contributed by atoms with Crippen molar-refractivity contribution in [2.75, 3.05) is 5.32 Å². The molecule has 2 aromatic heterocycles. The topological polar surface area (TPSA) is 59.8 Å². The summed E-state index contributed by atoms with van der Waals surface area (Å²) in [6, 6.07) is -0.228. The van der Waals surface area contributed by atoms with Crippen LogP contribution in [0.3, 0.4) is 0 Å². The quantitative estimate of drug-likeness (QED) is 0.867. The molecule has 1 fully saturated rings. The van der Waals surface area contributed by atoms with Gasteiger partial charge in [-0.15, -0.1) is 11.3 Å². The van der Waals surface area contributed by atoms with E-state index in [1.165, 1.54) is 35.1 Å². The number of hydrogen-bond donors (Lipinski definition) is 1.